The second-order valence-electron chi connectivity index (χ2n) is 5.80. The fourth-order valence-corrected chi connectivity index (χ4v) is 3.12. The minimum atomic E-state index is -0.0867. The third-order valence-corrected chi connectivity index (χ3v) is 4.57. The number of piperazine rings is 1. The number of rotatable bonds is 3. The molecule has 130 valence electrons. The average molecular weight is 359 g/mol. The summed E-state index contributed by atoms with van der Waals surface area (Å²) in [6.07, 6.45) is 0. The summed E-state index contributed by atoms with van der Waals surface area (Å²) < 4.78 is 5.11. The summed E-state index contributed by atoms with van der Waals surface area (Å²) >= 11 is 6.10. The number of carbonyl (C=O) groups excluding carboxylic acids is 2. The van der Waals surface area contributed by atoms with E-state index in [0.717, 1.165) is 0 Å². The molecule has 1 aliphatic rings. The van der Waals surface area contributed by atoms with Crippen LogP contribution in [0.25, 0.3) is 0 Å². The van der Waals surface area contributed by atoms with Crippen molar-refractivity contribution in [1.82, 2.24) is 9.80 Å². The van der Waals surface area contributed by atoms with E-state index in [1.54, 1.807) is 40.1 Å². The van der Waals surface area contributed by atoms with Crippen molar-refractivity contribution in [3.63, 3.8) is 0 Å². The molecule has 0 radical (unpaired) electrons. The summed E-state index contributed by atoms with van der Waals surface area (Å²) in [6.45, 7) is 2.04. The average Bonchev–Trinajstić information content (AvgIpc) is 2.67. The van der Waals surface area contributed by atoms with Crippen LogP contribution >= 0.6 is 11.6 Å². The molecule has 0 aliphatic carbocycles. The summed E-state index contributed by atoms with van der Waals surface area (Å²) in [6, 6.07) is 14.2. The fourth-order valence-electron chi connectivity index (χ4n) is 2.86. The Balaban J connectivity index is 1.63. The molecule has 0 aromatic heterocycles. The van der Waals surface area contributed by atoms with E-state index < -0.39 is 0 Å². The van der Waals surface area contributed by atoms with Crippen molar-refractivity contribution >= 4 is 23.4 Å². The van der Waals surface area contributed by atoms with Gasteiger partial charge in [-0.25, -0.2) is 0 Å². The Kier molecular flexibility index (Phi) is 5.24. The molecule has 0 atom stereocenters. The SMILES string of the molecule is COc1ccc(C(=O)N2CCN(C(=O)c3ccccc3)CC2)cc1Cl. The monoisotopic (exact) mass is 358 g/mol. The normalized spacial score (nSPS) is 14.3. The first kappa shape index (κ1) is 17.3. The molecule has 0 spiro atoms. The lowest BCUT2D eigenvalue weighted by Gasteiger charge is -2.35. The van der Waals surface area contributed by atoms with Crippen molar-refractivity contribution in [2.24, 2.45) is 0 Å². The van der Waals surface area contributed by atoms with Crippen LogP contribution in [0.3, 0.4) is 0 Å². The van der Waals surface area contributed by atoms with Gasteiger partial charge in [0.25, 0.3) is 11.8 Å². The third-order valence-electron chi connectivity index (χ3n) is 4.27. The Hall–Kier alpha value is -2.53. The van der Waals surface area contributed by atoms with Gasteiger partial charge in [-0.15, -0.1) is 0 Å². The highest BCUT2D eigenvalue weighted by Gasteiger charge is 2.25. The van der Waals surface area contributed by atoms with Crippen LogP contribution in [0.15, 0.2) is 48.5 Å². The predicted molar refractivity (Wildman–Crippen MR) is 96.3 cm³/mol. The van der Waals surface area contributed by atoms with Crippen LogP contribution in [0.2, 0.25) is 5.02 Å². The number of halogens is 1. The first-order valence-electron chi connectivity index (χ1n) is 8.07. The van der Waals surface area contributed by atoms with Crippen LogP contribution in [0, 0.1) is 0 Å². The molecule has 0 bridgehead atoms. The number of amides is 2. The molecule has 1 saturated heterocycles. The van der Waals surface area contributed by atoms with Gasteiger partial charge in [0, 0.05) is 37.3 Å². The van der Waals surface area contributed by atoms with Gasteiger partial charge in [0.05, 0.1) is 12.1 Å². The van der Waals surface area contributed by atoms with Crippen molar-refractivity contribution in [1.29, 1.82) is 0 Å². The second kappa shape index (κ2) is 7.57. The number of carbonyl (C=O) groups is 2. The molecule has 1 fully saturated rings. The zero-order valence-electron chi connectivity index (χ0n) is 13.9. The van der Waals surface area contributed by atoms with Gasteiger partial charge in [-0.05, 0) is 30.3 Å². The Morgan fingerprint density at radius 2 is 1.44 bits per heavy atom. The summed E-state index contributed by atoms with van der Waals surface area (Å²) in [5.41, 5.74) is 1.19. The van der Waals surface area contributed by atoms with Crippen LogP contribution < -0.4 is 4.74 Å². The van der Waals surface area contributed by atoms with Crippen LogP contribution in [0.1, 0.15) is 20.7 Å². The fraction of sp³-hybridized carbons (Fsp3) is 0.263. The van der Waals surface area contributed by atoms with Crippen molar-refractivity contribution in [3.8, 4) is 5.75 Å². The van der Waals surface area contributed by atoms with E-state index >= 15 is 0 Å². The lowest BCUT2D eigenvalue weighted by molar-refractivity contribution is 0.0535. The standard InChI is InChI=1S/C19H19ClN2O3/c1-25-17-8-7-15(13-16(17)20)19(24)22-11-9-21(10-12-22)18(23)14-5-3-2-4-6-14/h2-8,13H,9-12H2,1H3. The van der Waals surface area contributed by atoms with Crippen molar-refractivity contribution in [2.75, 3.05) is 33.3 Å². The van der Waals surface area contributed by atoms with Crippen molar-refractivity contribution in [3.05, 3.63) is 64.7 Å². The quantitative estimate of drug-likeness (QED) is 0.847. The van der Waals surface area contributed by atoms with Gasteiger partial charge in [0.15, 0.2) is 0 Å². The number of benzene rings is 2. The van der Waals surface area contributed by atoms with E-state index in [4.69, 9.17) is 16.3 Å². The summed E-state index contributed by atoms with van der Waals surface area (Å²) in [5.74, 6) is 0.452. The summed E-state index contributed by atoms with van der Waals surface area (Å²) in [4.78, 5) is 28.6. The number of methoxy groups -OCH3 is 1. The minimum absolute atomic E-state index is 0.000177. The van der Waals surface area contributed by atoms with Gasteiger partial charge in [0.1, 0.15) is 5.75 Å². The lowest BCUT2D eigenvalue weighted by atomic mass is 10.1. The Labute approximate surface area is 151 Å². The van der Waals surface area contributed by atoms with E-state index in [0.29, 0.717) is 48.1 Å². The number of hydrogen-bond donors (Lipinski definition) is 0. The zero-order chi connectivity index (χ0) is 17.8. The van der Waals surface area contributed by atoms with Crippen LogP contribution in [0.5, 0.6) is 5.75 Å². The molecule has 1 heterocycles. The van der Waals surface area contributed by atoms with Gasteiger partial charge in [-0.2, -0.15) is 0 Å². The first-order valence-corrected chi connectivity index (χ1v) is 8.45. The molecule has 2 amide bonds. The van der Waals surface area contributed by atoms with Gasteiger partial charge in [-0.3, -0.25) is 9.59 Å². The first-order chi connectivity index (χ1) is 12.1. The summed E-state index contributed by atoms with van der Waals surface area (Å²) in [5, 5.41) is 0.409. The smallest absolute Gasteiger partial charge is 0.254 e. The highest BCUT2D eigenvalue weighted by atomic mass is 35.5. The Morgan fingerprint density at radius 3 is 1.96 bits per heavy atom. The molecule has 2 aromatic rings. The molecule has 5 nitrogen and oxygen atoms in total. The van der Waals surface area contributed by atoms with Gasteiger partial charge in [-0.1, -0.05) is 29.8 Å². The highest BCUT2D eigenvalue weighted by molar-refractivity contribution is 6.32. The van der Waals surface area contributed by atoms with Gasteiger partial charge >= 0.3 is 0 Å². The van der Waals surface area contributed by atoms with E-state index in [9.17, 15) is 9.59 Å². The highest BCUT2D eigenvalue weighted by Crippen LogP contribution is 2.25. The molecule has 3 rings (SSSR count). The predicted octanol–water partition coefficient (Wildman–Crippen LogP) is 2.95. The topological polar surface area (TPSA) is 49.9 Å². The molecule has 2 aromatic carbocycles. The van der Waals surface area contributed by atoms with Crippen LogP contribution in [0.4, 0.5) is 0 Å². The molecular weight excluding hydrogens is 340 g/mol. The molecule has 6 heteroatoms. The molecule has 1 aliphatic heterocycles. The molecule has 0 unspecified atom stereocenters. The van der Waals surface area contributed by atoms with Crippen molar-refractivity contribution in [2.45, 2.75) is 0 Å². The zero-order valence-corrected chi connectivity index (χ0v) is 14.7. The van der Waals surface area contributed by atoms with Crippen LogP contribution in [-0.4, -0.2) is 54.9 Å². The molecule has 0 N–H and O–H groups in total. The molecule has 25 heavy (non-hydrogen) atoms. The Morgan fingerprint density at radius 1 is 0.880 bits per heavy atom. The Bertz CT molecular complexity index is 771. The lowest BCUT2D eigenvalue weighted by Crippen LogP contribution is -2.50. The number of hydrogen-bond acceptors (Lipinski definition) is 3. The summed E-state index contributed by atoms with van der Waals surface area (Å²) in [7, 11) is 1.53. The molecular formula is C19H19ClN2O3. The maximum atomic E-state index is 12.6. The van der Waals surface area contributed by atoms with E-state index in [1.165, 1.54) is 7.11 Å². The number of nitrogens with zero attached hydrogens (tertiary/aromatic N) is 2. The van der Waals surface area contributed by atoms with E-state index in [2.05, 4.69) is 0 Å². The second-order valence-corrected chi connectivity index (χ2v) is 6.21. The molecule has 0 saturated carbocycles. The van der Waals surface area contributed by atoms with Gasteiger partial charge in [0.2, 0.25) is 0 Å². The minimum Gasteiger partial charge on any atom is -0.495 e. The van der Waals surface area contributed by atoms with Crippen LogP contribution in [-0.2, 0) is 0 Å². The van der Waals surface area contributed by atoms with E-state index in [-0.39, 0.29) is 11.8 Å². The number of ether oxygens (including phenoxy) is 1. The largest absolute Gasteiger partial charge is 0.495 e. The maximum absolute atomic E-state index is 12.6. The van der Waals surface area contributed by atoms with Crippen molar-refractivity contribution < 1.29 is 14.3 Å². The maximum Gasteiger partial charge on any atom is 0.254 e. The third kappa shape index (κ3) is 3.77. The van der Waals surface area contributed by atoms with Gasteiger partial charge < -0.3 is 14.5 Å². The van der Waals surface area contributed by atoms with E-state index in [1.807, 2.05) is 18.2 Å².